The summed E-state index contributed by atoms with van der Waals surface area (Å²) in [5.74, 6) is 0.852. The molecule has 2 amide bonds. The van der Waals surface area contributed by atoms with E-state index in [1.54, 1.807) is 18.3 Å². The second-order valence-electron chi connectivity index (χ2n) is 8.37. The first-order chi connectivity index (χ1) is 11.9. The van der Waals surface area contributed by atoms with E-state index in [9.17, 15) is 9.59 Å². The van der Waals surface area contributed by atoms with Crippen molar-refractivity contribution >= 4 is 23.2 Å². The van der Waals surface area contributed by atoms with E-state index in [0.717, 1.165) is 51.0 Å². The largest absolute Gasteiger partial charge is 0.343 e. The van der Waals surface area contributed by atoms with Gasteiger partial charge in [0.1, 0.15) is 0 Å². The fraction of sp³-hybridized carbons (Fsp3) is 0.700. The number of likely N-dealkylation sites (tertiary alicyclic amines) is 2. The number of amides is 2. The fourth-order valence-electron chi connectivity index (χ4n) is 4.09. The van der Waals surface area contributed by atoms with Crippen LogP contribution in [0.25, 0.3) is 0 Å². The Morgan fingerprint density at radius 2 is 1.84 bits per heavy atom. The van der Waals surface area contributed by atoms with Crippen molar-refractivity contribution in [1.29, 1.82) is 0 Å². The van der Waals surface area contributed by atoms with Crippen molar-refractivity contribution in [1.82, 2.24) is 9.80 Å². The van der Waals surface area contributed by atoms with Gasteiger partial charge in [-0.15, -0.1) is 11.3 Å². The number of hydrogen-bond acceptors (Lipinski definition) is 3. The molecule has 2 aliphatic heterocycles. The zero-order valence-corrected chi connectivity index (χ0v) is 16.5. The van der Waals surface area contributed by atoms with Gasteiger partial charge in [-0.25, -0.2) is 0 Å². The number of carbonyl (C=O) groups is 2. The summed E-state index contributed by atoms with van der Waals surface area (Å²) in [5.41, 5.74) is 1.07. The minimum atomic E-state index is 0.171. The molecule has 0 atom stereocenters. The molecular weight excluding hydrogens is 332 g/mol. The van der Waals surface area contributed by atoms with E-state index in [1.807, 2.05) is 10.3 Å². The fourth-order valence-corrected chi connectivity index (χ4v) is 5.15. The quantitative estimate of drug-likeness (QED) is 0.794. The molecule has 0 saturated carbocycles. The van der Waals surface area contributed by atoms with Crippen molar-refractivity contribution in [3.8, 4) is 0 Å². The van der Waals surface area contributed by atoms with Crippen LogP contribution in [0.5, 0.6) is 0 Å². The Kier molecular flexibility index (Phi) is 5.52. The summed E-state index contributed by atoms with van der Waals surface area (Å²) in [6.07, 6.45) is 5.52. The molecule has 3 rings (SSSR count). The Bertz CT molecular complexity index is 629. The first-order valence-corrected chi connectivity index (χ1v) is 10.4. The van der Waals surface area contributed by atoms with Gasteiger partial charge in [-0.3, -0.25) is 9.59 Å². The zero-order chi connectivity index (χ0) is 18.0. The molecule has 0 N–H and O–H groups in total. The number of thiophene rings is 1. The minimum absolute atomic E-state index is 0.171. The van der Waals surface area contributed by atoms with E-state index in [1.165, 1.54) is 17.7 Å². The highest BCUT2D eigenvalue weighted by atomic mass is 32.1. The SMILES string of the molecule is CC(=O)N1CCC(c2cc(C(=O)N3CCCCC(C)(C)C3)cs2)CC1. The monoisotopic (exact) mass is 362 g/mol. The van der Waals surface area contributed by atoms with Crippen LogP contribution in [0.15, 0.2) is 11.4 Å². The smallest absolute Gasteiger partial charge is 0.254 e. The van der Waals surface area contributed by atoms with Crippen LogP contribution in [0.4, 0.5) is 0 Å². The van der Waals surface area contributed by atoms with Gasteiger partial charge in [-0.05, 0) is 43.1 Å². The number of piperidine rings is 1. The maximum absolute atomic E-state index is 13.0. The molecule has 4 nitrogen and oxygen atoms in total. The molecular formula is C20H30N2O2S. The predicted molar refractivity (Wildman–Crippen MR) is 102 cm³/mol. The maximum atomic E-state index is 13.0. The van der Waals surface area contributed by atoms with Crippen molar-refractivity contribution in [3.63, 3.8) is 0 Å². The lowest BCUT2D eigenvalue weighted by molar-refractivity contribution is -0.129. The Hall–Kier alpha value is -1.36. The number of hydrogen-bond donors (Lipinski definition) is 0. The number of rotatable bonds is 2. The third kappa shape index (κ3) is 4.43. The highest BCUT2D eigenvalue weighted by Crippen LogP contribution is 2.34. The van der Waals surface area contributed by atoms with Crippen LogP contribution in [0, 0.1) is 5.41 Å². The standard InChI is InChI=1S/C20H30N2O2S/c1-15(23)21-10-6-16(7-11-21)18-12-17(13-25-18)19(24)22-9-5-4-8-20(2,3)14-22/h12-13,16H,4-11,14H2,1-3H3. The first-order valence-electron chi connectivity index (χ1n) is 9.49. The van der Waals surface area contributed by atoms with Crippen LogP contribution >= 0.6 is 11.3 Å². The van der Waals surface area contributed by atoms with Gasteiger partial charge in [-0.2, -0.15) is 0 Å². The summed E-state index contributed by atoms with van der Waals surface area (Å²) in [7, 11) is 0. The van der Waals surface area contributed by atoms with Gasteiger partial charge in [-0.1, -0.05) is 20.3 Å². The number of carbonyl (C=O) groups excluding carboxylic acids is 2. The highest BCUT2D eigenvalue weighted by Gasteiger charge is 2.29. The third-order valence-corrected chi connectivity index (χ3v) is 6.74. The van der Waals surface area contributed by atoms with Gasteiger partial charge in [0.25, 0.3) is 5.91 Å². The van der Waals surface area contributed by atoms with Crippen LogP contribution in [0.2, 0.25) is 0 Å². The van der Waals surface area contributed by atoms with Crippen LogP contribution in [-0.4, -0.2) is 47.8 Å². The lowest BCUT2D eigenvalue weighted by Gasteiger charge is -2.30. The molecule has 2 fully saturated rings. The van der Waals surface area contributed by atoms with Gasteiger partial charge in [0, 0.05) is 43.4 Å². The predicted octanol–water partition coefficient (Wildman–Crippen LogP) is 4.13. The van der Waals surface area contributed by atoms with Crippen LogP contribution in [0.1, 0.15) is 74.0 Å². The summed E-state index contributed by atoms with van der Waals surface area (Å²) in [5, 5.41) is 2.03. The van der Waals surface area contributed by atoms with E-state index < -0.39 is 0 Å². The van der Waals surface area contributed by atoms with Crippen molar-refractivity contribution in [2.75, 3.05) is 26.2 Å². The molecule has 2 aliphatic rings. The molecule has 0 spiro atoms. The Balaban J connectivity index is 1.65. The van der Waals surface area contributed by atoms with Gasteiger partial charge < -0.3 is 9.80 Å². The van der Waals surface area contributed by atoms with Crippen molar-refractivity contribution < 1.29 is 9.59 Å². The molecule has 2 saturated heterocycles. The zero-order valence-electron chi connectivity index (χ0n) is 15.7. The molecule has 0 aromatic carbocycles. The number of nitrogens with zero attached hydrogens (tertiary/aromatic N) is 2. The van der Waals surface area contributed by atoms with E-state index in [4.69, 9.17) is 0 Å². The van der Waals surface area contributed by atoms with Crippen molar-refractivity contribution in [2.45, 2.75) is 58.8 Å². The molecule has 0 unspecified atom stereocenters. The topological polar surface area (TPSA) is 40.6 Å². The van der Waals surface area contributed by atoms with E-state index in [0.29, 0.717) is 5.92 Å². The van der Waals surface area contributed by atoms with Gasteiger partial charge in [0.2, 0.25) is 5.91 Å². The molecule has 5 heteroatoms. The molecule has 0 bridgehead atoms. The van der Waals surface area contributed by atoms with Crippen LogP contribution < -0.4 is 0 Å². The van der Waals surface area contributed by atoms with Gasteiger partial charge in [0.15, 0.2) is 0 Å². The van der Waals surface area contributed by atoms with E-state index >= 15 is 0 Å². The summed E-state index contributed by atoms with van der Waals surface area (Å²) >= 11 is 1.71. The summed E-state index contributed by atoms with van der Waals surface area (Å²) in [6, 6.07) is 2.11. The molecule has 1 aromatic rings. The van der Waals surface area contributed by atoms with Crippen LogP contribution in [-0.2, 0) is 4.79 Å². The highest BCUT2D eigenvalue weighted by molar-refractivity contribution is 7.10. The first kappa shape index (κ1) is 18.4. The minimum Gasteiger partial charge on any atom is -0.343 e. The molecule has 0 radical (unpaired) electrons. The molecule has 0 aliphatic carbocycles. The van der Waals surface area contributed by atoms with Crippen molar-refractivity contribution in [3.05, 3.63) is 21.9 Å². The lowest BCUT2D eigenvalue weighted by Crippen LogP contribution is -2.37. The second-order valence-corrected chi connectivity index (χ2v) is 9.31. The molecule has 25 heavy (non-hydrogen) atoms. The lowest BCUT2D eigenvalue weighted by atomic mass is 9.88. The van der Waals surface area contributed by atoms with Crippen LogP contribution in [0.3, 0.4) is 0 Å². The summed E-state index contributed by atoms with van der Waals surface area (Å²) < 4.78 is 0. The maximum Gasteiger partial charge on any atom is 0.254 e. The summed E-state index contributed by atoms with van der Waals surface area (Å²) in [6.45, 7) is 9.58. The Labute approximate surface area is 155 Å². The Morgan fingerprint density at radius 1 is 1.12 bits per heavy atom. The molecule has 3 heterocycles. The second kappa shape index (κ2) is 7.48. The molecule has 138 valence electrons. The van der Waals surface area contributed by atoms with Gasteiger partial charge >= 0.3 is 0 Å². The van der Waals surface area contributed by atoms with E-state index in [-0.39, 0.29) is 17.2 Å². The molecule has 1 aromatic heterocycles. The van der Waals surface area contributed by atoms with Crippen molar-refractivity contribution in [2.24, 2.45) is 5.41 Å². The normalized spacial score (nSPS) is 21.9. The third-order valence-electron chi connectivity index (χ3n) is 5.65. The Morgan fingerprint density at radius 3 is 2.52 bits per heavy atom. The average molecular weight is 363 g/mol. The summed E-state index contributed by atoms with van der Waals surface area (Å²) in [4.78, 5) is 29.7. The van der Waals surface area contributed by atoms with E-state index in [2.05, 4.69) is 24.8 Å². The average Bonchev–Trinajstić information content (AvgIpc) is 2.99. The van der Waals surface area contributed by atoms with Gasteiger partial charge in [0.05, 0.1) is 5.56 Å².